The van der Waals surface area contributed by atoms with E-state index in [2.05, 4.69) is 94.9 Å². The van der Waals surface area contributed by atoms with E-state index in [1.807, 2.05) is 20.0 Å². The van der Waals surface area contributed by atoms with E-state index in [9.17, 15) is 0 Å². The highest BCUT2D eigenvalue weighted by atomic mass is 15.3. The lowest BCUT2D eigenvalue weighted by molar-refractivity contribution is 0.311. The fourth-order valence-electron chi connectivity index (χ4n) is 9.55. The maximum absolute atomic E-state index is 4.93. The highest BCUT2D eigenvalue weighted by Gasteiger charge is 2.39. The second kappa shape index (κ2) is 16.5. The lowest BCUT2D eigenvalue weighted by Gasteiger charge is -2.37. The fourth-order valence-corrected chi connectivity index (χ4v) is 9.55. The fraction of sp³-hybridized carbons (Fsp3) is 0.500. The van der Waals surface area contributed by atoms with E-state index in [0.717, 1.165) is 88.6 Å². The van der Waals surface area contributed by atoms with Crippen LogP contribution in [0, 0.1) is 11.8 Å². The van der Waals surface area contributed by atoms with Crippen LogP contribution in [0.15, 0.2) is 78.6 Å². The van der Waals surface area contributed by atoms with Gasteiger partial charge in [-0.3, -0.25) is 4.99 Å². The number of likely N-dealkylation sites (tertiary alicyclic amines) is 1. The topological polar surface area (TPSA) is 73.2 Å². The van der Waals surface area contributed by atoms with Crippen LogP contribution in [0.25, 0.3) is 5.70 Å². The molecule has 2 saturated heterocycles. The standard InChI is InChI=1S/C41H50N6.C2H6.CH4.H3N/c1-5-32-21-35(29(3)47-25-30-15-16-36(47)20-30)23-38(42-4)40(32)44-24-31-19-28(2)46(26-31)39-14-7-6-11-33(39)12-8-9-18-45-37(27-44)22-34-13-10-17-43-41(34)45;1-2;;/h6-7,10-11,13-14,17,21,23,30-31,36-37H,2-5,8-9,12,15-16,18-20,22,24-27H2,1H3;1-2H3;1H4;1H3. The molecule has 4 bridgehead atoms. The van der Waals surface area contributed by atoms with Crippen LogP contribution in [0.2, 0.25) is 0 Å². The molecule has 7 heteroatoms. The van der Waals surface area contributed by atoms with Crippen molar-refractivity contribution < 1.29 is 0 Å². The number of aliphatic imine (C=N–C) groups is 1. The summed E-state index contributed by atoms with van der Waals surface area (Å²) < 4.78 is 0. The number of hydrogen-bond donors (Lipinski definition) is 1. The number of aromatic nitrogens is 1. The minimum absolute atomic E-state index is 0. The van der Waals surface area contributed by atoms with Crippen molar-refractivity contribution >= 4 is 35.3 Å². The number of anilines is 3. The van der Waals surface area contributed by atoms with Gasteiger partial charge in [-0.2, -0.15) is 0 Å². The SMILES string of the molecule is C.C=Nc1cc(C(=C)N2CC3CCC2C3)cc(CC)c1N1CC2CC(=C)N(C2)c2ccccc2CCCCN2c3ncccc3CC2C1.CC.N. The van der Waals surface area contributed by atoms with Gasteiger partial charge in [0.2, 0.25) is 0 Å². The van der Waals surface area contributed by atoms with Crippen molar-refractivity contribution in [3.63, 3.8) is 0 Å². The molecule has 1 aromatic heterocycles. The molecule has 1 saturated carbocycles. The Labute approximate surface area is 308 Å². The number of aryl methyl sites for hydroxylation is 2. The predicted octanol–water partition coefficient (Wildman–Crippen LogP) is 9.87. The highest BCUT2D eigenvalue weighted by Crippen LogP contribution is 2.45. The minimum atomic E-state index is 0. The van der Waals surface area contributed by atoms with Crippen LogP contribution in [0.1, 0.15) is 89.0 Å². The molecule has 4 unspecified atom stereocenters. The van der Waals surface area contributed by atoms with Crippen LogP contribution in [0.4, 0.5) is 22.9 Å². The van der Waals surface area contributed by atoms with Gasteiger partial charge in [0.05, 0.1) is 17.4 Å². The molecule has 3 N–H and O–H groups in total. The molecule has 5 aliphatic rings. The van der Waals surface area contributed by atoms with Crippen molar-refractivity contribution in [1.29, 1.82) is 0 Å². The van der Waals surface area contributed by atoms with Crippen LogP contribution in [0.3, 0.4) is 0 Å². The monoisotopic (exact) mass is 690 g/mol. The van der Waals surface area contributed by atoms with Crippen LogP contribution in [-0.2, 0) is 19.3 Å². The summed E-state index contributed by atoms with van der Waals surface area (Å²) in [6.07, 6.45) is 12.3. The van der Waals surface area contributed by atoms with Gasteiger partial charge in [0.15, 0.2) is 0 Å². The molecule has 5 heterocycles. The van der Waals surface area contributed by atoms with Crippen molar-refractivity contribution in [2.45, 2.75) is 98.1 Å². The second-order valence-electron chi connectivity index (χ2n) is 14.7. The molecule has 4 atom stereocenters. The number of benzene rings is 2. The van der Waals surface area contributed by atoms with Gasteiger partial charge in [0.1, 0.15) is 5.82 Å². The lowest BCUT2D eigenvalue weighted by Crippen LogP contribution is -2.45. The molecule has 274 valence electrons. The normalized spacial score (nSPS) is 23.5. The summed E-state index contributed by atoms with van der Waals surface area (Å²) >= 11 is 0. The number of hydrogen-bond acceptors (Lipinski definition) is 7. The maximum Gasteiger partial charge on any atom is 0.132 e. The Bertz CT molecular complexity index is 1700. The van der Waals surface area contributed by atoms with Gasteiger partial charge < -0.3 is 25.8 Å². The Balaban J connectivity index is 0.00000124. The van der Waals surface area contributed by atoms with Crippen molar-refractivity contribution in [1.82, 2.24) is 16.0 Å². The average Bonchev–Trinajstić information content (AvgIpc) is 3.93. The third-order valence-corrected chi connectivity index (χ3v) is 11.8. The summed E-state index contributed by atoms with van der Waals surface area (Å²) in [7, 11) is 0. The molecule has 3 fully saturated rings. The number of fused-ring (bicyclic) bond motifs is 9. The molecule has 0 radical (unpaired) electrons. The number of rotatable bonds is 5. The zero-order valence-corrected chi connectivity index (χ0v) is 30.9. The molecule has 0 spiro atoms. The van der Waals surface area contributed by atoms with E-state index in [1.165, 1.54) is 64.4 Å². The number of nitrogens with zero attached hydrogens (tertiary/aromatic N) is 6. The Kier molecular flexibility index (Phi) is 12.3. The van der Waals surface area contributed by atoms with E-state index >= 15 is 0 Å². The van der Waals surface area contributed by atoms with Crippen LogP contribution in [0.5, 0.6) is 0 Å². The second-order valence-corrected chi connectivity index (χ2v) is 14.7. The van der Waals surface area contributed by atoms with E-state index in [-0.39, 0.29) is 13.6 Å². The van der Waals surface area contributed by atoms with Gasteiger partial charge in [0, 0.05) is 62.0 Å². The number of pyridine rings is 1. The maximum atomic E-state index is 4.93. The van der Waals surface area contributed by atoms with Gasteiger partial charge in [-0.05, 0) is 123 Å². The third kappa shape index (κ3) is 7.32. The first kappa shape index (κ1) is 38.1. The number of para-hydroxylation sites is 1. The van der Waals surface area contributed by atoms with Crippen LogP contribution < -0.4 is 20.9 Å². The van der Waals surface area contributed by atoms with Crippen LogP contribution in [-0.4, -0.2) is 61.4 Å². The molecule has 3 aromatic rings. The molecule has 4 aliphatic heterocycles. The first-order valence-electron chi connectivity index (χ1n) is 19.1. The van der Waals surface area contributed by atoms with Gasteiger partial charge in [-0.25, -0.2) is 4.98 Å². The molecular weight excluding hydrogens is 627 g/mol. The van der Waals surface area contributed by atoms with Crippen molar-refractivity contribution in [2.75, 3.05) is 47.4 Å². The van der Waals surface area contributed by atoms with Gasteiger partial charge in [0.25, 0.3) is 0 Å². The predicted molar refractivity (Wildman–Crippen MR) is 220 cm³/mol. The highest BCUT2D eigenvalue weighted by molar-refractivity contribution is 5.79. The first-order valence-corrected chi connectivity index (χ1v) is 19.1. The molecule has 51 heavy (non-hydrogen) atoms. The van der Waals surface area contributed by atoms with Crippen LogP contribution >= 0.6 is 0 Å². The zero-order chi connectivity index (χ0) is 34.1. The Morgan fingerprint density at radius 3 is 2.47 bits per heavy atom. The number of piperidine rings is 1. The van der Waals surface area contributed by atoms with Gasteiger partial charge in [-0.1, -0.05) is 65.6 Å². The smallest absolute Gasteiger partial charge is 0.132 e. The van der Waals surface area contributed by atoms with Crippen molar-refractivity contribution in [3.8, 4) is 0 Å². The summed E-state index contributed by atoms with van der Waals surface area (Å²) in [5.41, 5.74) is 11.3. The van der Waals surface area contributed by atoms with Gasteiger partial charge in [-0.15, -0.1) is 0 Å². The Hall–Kier alpha value is -4.10. The quantitative estimate of drug-likeness (QED) is 0.269. The van der Waals surface area contributed by atoms with E-state index in [4.69, 9.17) is 9.98 Å². The van der Waals surface area contributed by atoms with Crippen molar-refractivity contribution in [2.24, 2.45) is 16.8 Å². The lowest BCUT2D eigenvalue weighted by atomic mass is 9.98. The molecular formula is C44H63N7. The largest absolute Gasteiger partial charge is 0.368 e. The molecule has 1 aliphatic carbocycles. The molecule has 8 rings (SSSR count). The first-order chi connectivity index (χ1) is 24.0. The average molecular weight is 690 g/mol. The summed E-state index contributed by atoms with van der Waals surface area (Å²) in [5.74, 6) is 2.47. The van der Waals surface area contributed by atoms with Gasteiger partial charge >= 0.3 is 0 Å². The van der Waals surface area contributed by atoms with E-state index < -0.39 is 0 Å². The summed E-state index contributed by atoms with van der Waals surface area (Å²) in [6.45, 7) is 24.7. The Morgan fingerprint density at radius 2 is 1.73 bits per heavy atom. The molecule has 0 amide bonds. The summed E-state index contributed by atoms with van der Waals surface area (Å²) in [4.78, 5) is 20.1. The summed E-state index contributed by atoms with van der Waals surface area (Å²) in [6, 6.07) is 19.1. The molecule has 7 nitrogen and oxygen atoms in total. The van der Waals surface area contributed by atoms with E-state index in [0.29, 0.717) is 18.0 Å². The van der Waals surface area contributed by atoms with Crippen molar-refractivity contribution in [3.05, 3.63) is 95.8 Å². The number of allylic oxidation sites excluding steroid dienone is 1. The van der Waals surface area contributed by atoms with E-state index in [1.54, 1.807) is 0 Å². The Morgan fingerprint density at radius 1 is 0.922 bits per heavy atom. The minimum Gasteiger partial charge on any atom is -0.368 e. The third-order valence-electron chi connectivity index (χ3n) is 11.8. The summed E-state index contributed by atoms with van der Waals surface area (Å²) in [5, 5.41) is 0. The zero-order valence-electron chi connectivity index (χ0n) is 30.9. The molecule has 2 aromatic carbocycles.